The van der Waals surface area contributed by atoms with Crippen molar-refractivity contribution in [2.24, 2.45) is 0 Å². The molecule has 0 saturated carbocycles. The van der Waals surface area contributed by atoms with Gasteiger partial charge in [0.05, 0.1) is 11.9 Å². The quantitative estimate of drug-likeness (QED) is 0.473. The fraction of sp³-hybridized carbons (Fsp3) is 0.0500. The van der Waals surface area contributed by atoms with Crippen molar-refractivity contribution in [3.8, 4) is 28.8 Å². The second-order valence-corrected chi connectivity index (χ2v) is 6.81. The summed E-state index contributed by atoms with van der Waals surface area (Å²) in [6, 6.07) is 14.6. The summed E-state index contributed by atoms with van der Waals surface area (Å²) in [6.45, 7) is 0.148. The van der Waals surface area contributed by atoms with Crippen LogP contribution in [-0.4, -0.2) is 22.9 Å². The Labute approximate surface area is 168 Å². The minimum atomic E-state index is -0.524. The van der Waals surface area contributed by atoms with Crippen molar-refractivity contribution >= 4 is 33.6 Å². The zero-order valence-corrected chi connectivity index (χ0v) is 16.0. The number of nitriles is 1. The lowest BCUT2D eigenvalue weighted by Gasteiger charge is -2.06. The largest absolute Gasteiger partial charge is 0.454 e. The Morgan fingerprint density at radius 2 is 2.00 bits per heavy atom. The van der Waals surface area contributed by atoms with Gasteiger partial charge in [0, 0.05) is 27.4 Å². The maximum Gasteiger partial charge on any atom is 0.266 e. The number of carbonyl (C=O) groups excluding carboxylic acids is 1. The molecule has 138 valence electrons. The first kappa shape index (κ1) is 17.8. The number of benzene rings is 2. The molecule has 1 aliphatic rings. The summed E-state index contributed by atoms with van der Waals surface area (Å²) < 4.78 is 11.5. The Kier molecular flexibility index (Phi) is 4.83. The number of ether oxygens (including phenoxy) is 2. The number of carbonyl (C=O) groups is 1. The summed E-state index contributed by atoms with van der Waals surface area (Å²) in [5, 5.41) is 19.1. The van der Waals surface area contributed by atoms with Crippen molar-refractivity contribution in [3.63, 3.8) is 0 Å². The highest BCUT2D eigenvalue weighted by atomic mass is 79.9. The van der Waals surface area contributed by atoms with Gasteiger partial charge in [0.25, 0.3) is 5.91 Å². The topological polar surface area (TPSA) is 100 Å². The molecule has 2 aromatic carbocycles. The van der Waals surface area contributed by atoms with Crippen molar-refractivity contribution in [1.82, 2.24) is 10.2 Å². The molecule has 0 fully saturated rings. The van der Waals surface area contributed by atoms with Crippen molar-refractivity contribution < 1.29 is 14.3 Å². The molecular formula is C20H13BrN4O3. The smallest absolute Gasteiger partial charge is 0.266 e. The average molecular weight is 437 g/mol. The van der Waals surface area contributed by atoms with Crippen LogP contribution in [0.2, 0.25) is 0 Å². The van der Waals surface area contributed by atoms with E-state index in [0.29, 0.717) is 22.7 Å². The van der Waals surface area contributed by atoms with Crippen molar-refractivity contribution in [3.05, 3.63) is 64.3 Å². The van der Waals surface area contributed by atoms with Crippen LogP contribution in [0, 0.1) is 11.3 Å². The highest BCUT2D eigenvalue weighted by Gasteiger charge is 2.16. The lowest BCUT2D eigenvalue weighted by Crippen LogP contribution is -2.13. The van der Waals surface area contributed by atoms with Crippen molar-refractivity contribution in [1.29, 1.82) is 5.26 Å². The van der Waals surface area contributed by atoms with Gasteiger partial charge in [0.15, 0.2) is 11.5 Å². The normalized spacial score (nSPS) is 12.5. The van der Waals surface area contributed by atoms with Gasteiger partial charge >= 0.3 is 0 Å². The predicted octanol–water partition coefficient (Wildman–Crippen LogP) is 4.11. The number of fused-ring (bicyclic) bond motifs is 1. The third-order valence-corrected chi connectivity index (χ3v) is 4.63. The highest BCUT2D eigenvalue weighted by molar-refractivity contribution is 9.10. The summed E-state index contributed by atoms with van der Waals surface area (Å²) in [6.07, 6.45) is 3.08. The van der Waals surface area contributed by atoms with Gasteiger partial charge in [-0.05, 0) is 30.3 Å². The minimum absolute atomic E-state index is 0.0440. The SMILES string of the molecule is N#CC(=Cc1cn[nH]c1-c1ccc(Br)cc1)C(=O)Nc1ccc2c(c1)OCO2. The van der Waals surface area contributed by atoms with Gasteiger partial charge in [-0.15, -0.1) is 0 Å². The predicted molar refractivity (Wildman–Crippen MR) is 107 cm³/mol. The lowest BCUT2D eigenvalue weighted by molar-refractivity contribution is -0.112. The van der Waals surface area contributed by atoms with Gasteiger partial charge in [-0.1, -0.05) is 28.1 Å². The van der Waals surface area contributed by atoms with E-state index in [9.17, 15) is 10.1 Å². The second-order valence-electron chi connectivity index (χ2n) is 5.90. The highest BCUT2D eigenvalue weighted by Crippen LogP contribution is 2.34. The summed E-state index contributed by atoms with van der Waals surface area (Å²) in [7, 11) is 0. The van der Waals surface area contributed by atoms with E-state index in [1.54, 1.807) is 24.4 Å². The number of anilines is 1. The Hall–Kier alpha value is -3.57. The van der Waals surface area contributed by atoms with Gasteiger partial charge in [-0.3, -0.25) is 9.89 Å². The molecule has 8 heteroatoms. The van der Waals surface area contributed by atoms with Crippen LogP contribution in [0.3, 0.4) is 0 Å². The Balaban J connectivity index is 1.58. The van der Waals surface area contributed by atoms with Crippen LogP contribution in [0.15, 0.2) is 58.7 Å². The summed E-state index contributed by atoms with van der Waals surface area (Å²) >= 11 is 3.40. The molecule has 2 heterocycles. The second kappa shape index (κ2) is 7.58. The monoisotopic (exact) mass is 436 g/mol. The number of nitrogens with zero attached hydrogens (tertiary/aromatic N) is 2. The molecule has 0 radical (unpaired) electrons. The van der Waals surface area contributed by atoms with E-state index in [-0.39, 0.29) is 12.4 Å². The van der Waals surface area contributed by atoms with Crippen LogP contribution < -0.4 is 14.8 Å². The van der Waals surface area contributed by atoms with E-state index >= 15 is 0 Å². The molecule has 2 N–H and O–H groups in total. The molecule has 0 bridgehead atoms. The van der Waals surface area contributed by atoms with Crippen LogP contribution in [-0.2, 0) is 4.79 Å². The van der Waals surface area contributed by atoms with E-state index in [2.05, 4.69) is 31.4 Å². The third kappa shape index (κ3) is 3.61. The van der Waals surface area contributed by atoms with Crippen LogP contribution in [0.4, 0.5) is 5.69 Å². The maximum absolute atomic E-state index is 12.6. The molecule has 4 rings (SSSR count). The number of hydrogen-bond donors (Lipinski definition) is 2. The molecule has 7 nitrogen and oxygen atoms in total. The number of amides is 1. The van der Waals surface area contributed by atoms with Gasteiger partial charge < -0.3 is 14.8 Å². The van der Waals surface area contributed by atoms with Gasteiger partial charge in [-0.2, -0.15) is 10.4 Å². The Morgan fingerprint density at radius 3 is 2.79 bits per heavy atom. The standard InChI is InChI=1S/C20H13BrN4O3/c21-15-3-1-12(2-4-15)19-14(10-23-25-19)7-13(9-22)20(26)24-16-5-6-17-18(8-16)28-11-27-17/h1-8,10H,11H2,(H,23,25)(H,24,26). The van der Waals surface area contributed by atoms with Gasteiger partial charge in [0.1, 0.15) is 11.6 Å². The summed E-state index contributed by atoms with van der Waals surface area (Å²) in [4.78, 5) is 12.6. The Morgan fingerprint density at radius 1 is 1.21 bits per heavy atom. The zero-order chi connectivity index (χ0) is 19.5. The molecule has 0 saturated heterocycles. The number of hydrogen-bond acceptors (Lipinski definition) is 5. The number of aromatic nitrogens is 2. The summed E-state index contributed by atoms with van der Waals surface area (Å²) in [5.74, 6) is 0.642. The van der Waals surface area contributed by atoms with Gasteiger partial charge in [-0.25, -0.2) is 0 Å². The molecule has 3 aromatic rings. The minimum Gasteiger partial charge on any atom is -0.454 e. The first-order valence-corrected chi connectivity index (χ1v) is 9.05. The molecule has 1 aliphatic heterocycles. The van der Waals surface area contributed by atoms with E-state index in [1.807, 2.05) is 30.3 Å². The first-order valence-electron chi connectivity index (χ1n) is 8.26. The molecule has 1 amide bonds. The Bertz CT molecular complexity index is 1110. The van der Waals surface area contributed by atoms with Crippen LogP contribution in [0.5, 0.6) is 11.5 Å². The molecule has 28 heavy (non-hydrogen) atoms. The van der Waals surface area contributed by atoms with E-state index in [4.69, 9.17) is 9.47 Å². The number of nitrogens with one attached hydrogen (secondary N) is 2. The average Bonchev–Trinajstić information content (AvgIpc) is 3.35. The fourth-order valence-electron chi connectivity index (χ4n) is 2.73. The third-order valence-electron chi connectivity index (χ3n) is 4.10. The van der Waals surface area contributed by atoms with Crippen molar-refractivity contribution in [2.75, 3.05) is 12.1 Å². The number of H-pyrrole nitrogens is 1. The number of halogens is 1. The molecule has 0 aliphatic carbocycles. The maximum atomic E-state index is 12.6. The van der Waals surface area contributed by atoms with Crippen LogP contribution in [0.1, 0.15) is 5.56 Å². The zero-order valence-electron chi connectivity index (χ0n) is 14.4. The molecule has 1 aromatic heterocycles. The van der Waals surface area contributed by atoms with Crippen LogP contribution in [0.25, 0.3) is 17.3 Å². The lowest BCUT2D eigenvalue weighted by atomic mass is 10.1. The summed E-state index contributed by atoms with van der Waals surface area (Å²) in [5.41, 5.74) is 2.71. The van der Waals surface area contributed by atoms with E-state index in [1.165, 1.54) is 6.08 Å². The van der Waals surface area contributed by atoms with Crippen LogP contribution >= 0.6 is 15.9 Å². The fourth-order valence-corrected chi connectivity index (χ4v) is 2.99. The number of rotatable bonds is 4. The molecule has 0 atom stereocenters. The van der Waals surface area contributed by atoms with Crippen molar-refractivity contribution in [2.45, 2.75) is 0 Å². The van der Waals surface area contributed by atoms with E-state index in [0.717, 1.165) is 15.7 Å². The molecular weight excluding hydrogens is 424 g/mol. The van der Waals surface area contributed by atoms with Gasteiger partial charge in [0.2, 0.25) is 6.79 Å². The number of aromatic amines is 1. The first-order chi connectivity index (χ1) is 13.6. The molecule has 0 spiro atoms. The molecule has 0 unspecified atom stereocenters. The van der Waals surface area contributed by atoms with E-state index < -0.39 is 5.91 Å².